The molecule has 0 fully saturated rings. The smallest absolute Gasteiger partial charge is 0.260 e. The number of anilines is 2. The second kappa shape index (κ2) is 8.33. The largest absolute Gasteiger partial charge is 0.349 e. The summed E-state index contributed by atoms with van der Waals surface area (Å²) in [6, 6.07) is 16.8. The van der Waals surface area contributed by atoms with E-state index in [1.165, 1.54) is 4.90 Å². The Balaban J connectivity index is 1.69. The van der Waals surface area contributed by atoms with Crippen LogP contribution in [0.4, 0.5) is 11.4 Å². The normalized spacial score (nSPS) is 21.3. The molecule has 3 aliphatic rings. The summed E-state index contributed by atoms with van der Waals surface area (Å²) in [7, 11) is 0. The number of halogens is 2. The second-order valence-electron chi connectivity index (χ2n) is 12.4. The zero-order valence-electron chi connectivity index (χ0n) is 22.4. The summed E-state index contributed by atoms with van der Waals surface area (Å²) in [6.07, 6.45) is 0.694. The van der Waals surface area contributed by atoms with Crippen LogP contribution in [0.1, 0.15) is 78.9 Å². The molecule has 3 aromatic carbocycles. The molecule has 0 aromatic heterocycles. The Labute approximate surface area is 237 Å². The van der Waals surface area contributed by atoms with Gasteiger partial charge in [0.2, 0.25) is 0 Å². The van der Waals surface area contributed by atoms with Gasteiger partial charge in [0.25, 0.3) is 17.7 Å². The van der Waals surface area contributed by atoms with E-state index < -0.39 is 17.1 Å². The first-order valence-corrected chi connectivity index (χ1v) is 13.7. The number of hydrogen-bond donors (Lipinski definition) is 1. The summed E-state index contributed by atoms with van der Waals surface area (Å²) < 4.78 is 0. The number of benzene rings is 3. The number of rotatable bonds is 3. The van der Waals surface area contributed by atoms with Crippen LogP contribution in [-0.4, -0.2) is 23.3 Å². The van der Waals surface area contributed by atoms with Crippen LogP contribution in [0, 0.1) is 5.41 Å². The van der Waals surface area contributed by atoms with E-state index in [9.17, 15) is 14.4 Å². The average Bonchev–Trinajstić information content (AvgIpc) is 3.29. The van der Waals surface area contributed by atoms with E-state index in [0.717, 1.165) is 0 Å². The van der Waals surface area contributed by atoms with Gasteiger partial charge in [-0.2, -0.15) is 0 Å². The predicted octanol–water partition coefficient (Wildman–Crippen LogP) is 6.90. The number of fused-ring (bicyclic) bond motifs is 10. The summed E-state index contributed by atoms with van der Waals surface area (Å²) in [4.78, 5) is 46.3. The van der Waals surface area contributed by atoms with E-state index in [1.54, 1.807) is 41.3 Å². The van der Waals surface area contributed by atoms with Crippen molar-refractivity contribution in [2.24, 2.45) is 5.41 Å². The van der Waals surface area contributed by atoms with Crippen LogP contribution in [0.2, 0.25) is 10.0 Å². The molecule has 0 bridgehead atoms. The van der Waals surface area contributed by atoms with Crippen LogP contribution < -0.4 is 15.1 Å². The zero-order chi connectivity index (χ0) is 28.1. The number of hydrogen-bond acceptors (Lipinski definition) is 3. The molecule has 0 spiro atoms. The van der Waals surface area contributed by atoms with Crippen molar-refractivity contribution in [2.45, 2.75) is 58.2 Å². The highest BCUT2D eigenvalue weighted by Crippen LogP contribution is 2.62. The summed E-state index contributed by atoms with van der Waals surface area (Å²) in [5.74, 6) is -0.940. The Hall–Kier alpha value is -3.35. The minimum atomic E-state index is -1.57. The molecule has 2 atom stereocenters. The van der Waals surface area contributed by atoms with Crippen molar-refractivity contribution in [3.05, 3.63) is 93.0 Å². The third kappa shape index (κ3) is 3.57. The van der Waals surface area contributed by atoms with Gasteiger partial charge in [0.1, 0.15) is 6.04 Å². The highest BCUT2D eigenvalue weighted by atomic mass is 35.5. The first-order chi connectivity index (χ1) is 18.3. The quantitative estimate of drug-likeness (QED) is 0.378. The van der Waals surface area contributed by atoms with Crippen molar-refractivity contribution >= 4 is 52.3 Å². The molecule has 0 radical (unpaired) electrons. The molecule has 0 saturated heterocycles. The van der Waals surface area contributed by atoms with Crippen molar-refractivity contribution in [1.29, 1.82) is 0 Å². The minimum absolute atomic E-state index is 0.0665. The van der Waals surface area contributed by atoms with Crippen molar-refractivity contribution in [3.8, 4) is 0 Å². The Morgan fingerprint density at radius 1 is 0.872 bits per heavy atom. The standard InChI is InChI=1S/C31H29Cl2N3O3/c1-29(2,3)16-30(4,5)34-28(39)31-20-13-9-8-12-19(20)27(38)36(31)24-15-22(33)21(32)14-23(24)35-25(31)17-10-6-7-11-18(17)26(35)37/h6-15,25H,16H2,1-5H3,(H,34,39). The lowest BCUT2D eigenvalue weighted by Gasteiger charge is -2.51. The molecule has 3 aliphatic heterocycles. The van der Waals surface area contributed by atoms with Crippen LogP contribution in [0.3, 0.4) is 0 Å². The van der Waals surface area contributed by atoms with Crippen molar-refractivity contribution in [1.82, 2.24) is 5.32 Å². The Kier molecular flexibility index (Phi) is 5.53. The van der Waals surface area contributed by atoms with Gasteiger partial charge < -0.3 is 5.32 Å². The maximum atomic E-state index is 14.9. The number of carbonyl (C=O) groups is 3. The Morgan fingerprint density at radius 3 is 2.13 bits per heavy atom. The van der Waals surface area contributed by atoms with E-state index >= 15 is 0 Å². The predicted molar refractivity (Wildman–Crippen MR) is 154 cm³/mol. The molecule has 6 rings (SSSR count). The van der Waals surface area contributed by atoms with E-state index in [-0.39, 0.29) is 33.2 Å². The Bertz CT molecular complexity index is 1590. The lowest BCUT2D eigenvalue weighted by Crippen LogP contribution is -2.66. The summed E-state index contributed by atoms with van der Waals surface area (Å²) in [6.45, 7) is 10.3. The van der Waals surface area contributed by atoms with Gasteiger partial charge in [-0.1, -0.05) is 80.4 Å². The van der Waals surface area contributed by atoms with E-state index in [1.807, 2.05) is 38.1 Å². The van der Waals surface area contributed by atoms with Gasteiger partial charge in [-0.15, -0.1) is 0 Å². The van der Waals surface area contributed by atoms with Gasteiger partial charge in [0.15, 0.2) is 5.54 Å². The van der Waals surface area contributed by atoms with Crippen molar-refractivity contribution < 1.29 is 14.4 Å². The SMILES string of the molecule is CC(C)(C)CC(C)(C)NC(=O)C12c3ccccc3C(=O)N1c1cc(Cl)c(Cl)cc1N1C(=O)c3ccccc3C12. The van der Waals surface area contributed by atoms with E-state index in [0.29, 0.717) is 40.0 Å². The van der Waals surface area contributed by atoms with E-state index in [2.05, 4.69) is 26.1 Å². The lowest BCUT2D eigenvalue weighted by molar-refractivity contribution is -0.129. The molecular weight excluding hydrogens is 533 g/mol. The van der Waals surface area contributed by atoms with E-state index in [4.69, 9.17) is 23.2 Å². The summed E-state index contributed by atoms with van der Waals surface area (Å²) in [5, 5.41) is 3.77. The highest BCUT2D eigenvalue weighted by molar-refractivity contribution is 6.43. The fraction of sp³-hybridized carbons (Fsp3) is 0.323. The number of amides is 3. The zero-order valence-corrected chi connectivity index (χ0v) is 23.9. The minimum Gasteiger partial charge on any atom is -0.349 e. The average molecular weight is 562 g/mol. The molecule has 1 N–H and O–H groups in total. The summed E-state index contributed by atoms with van der Waals surface area (Å²) in [5.41, 5.74) is 0.685. The number of nitrogens with zero attached hydrogens (tertiary/aromatic N) is 2. The Morgan fingerprint density at radius 2 is 1.46 bits per heavy atom. The van der Waals surface area contributed by atoms with Crippen molar-refractivity contribution in [3.63, 3.8) is 0 Å². The van der Waals surface area contributed by atoms with Crippen LogP contribution >= 0.6 is 23.2 Å². The molecule has 6 nitrogen and oxygen atoms in total. The molecule has 0 saturated carbocycles. The van der Waals surface area contributed by atoms with Crippen LogP contribution in [-0.2, 0) is 10.3 Å². The molecule has 0 aliphatic carbocycles. The monoisotopic (exact) mass is 561 g/mol. The van der Waals surface area contributed by atoms with Crippen LogP contribution in [0.25, 0.3) is 0 Å². The molecule has 2 unspecified atom stereocenters. The molecular formula is C31H29Cl2N3O3. The third-order valence-electron chi connectivity index (χ3n) is 7.77. The topological polar surface area (TPSA) is 69.7 Å². The van der Waals surface area contributed by atoms with Gasteiger partial charge >= 0.3 is 0 Å². The van der Waals surface area contributed by atoms with Crippen molar-refractivity contribution in [2.75, 3.05) is 9.80 Å². The number of nitrogens with one attached hydrogen (secondary N) is 1. The fourth-order valence-corrected chi connectivity index (χ4v) is 7.28. The molecule has 200 valence electrons. The number of carbonyl (C=O) groups excluding carboxylic acids is 3. The molecule has 39 heavy (non-hydrogen) atoms. The van der Waals surface area contributed by atoms with Gasteiger partial charge in [-0.05, 0) is 55.5 Å². The first-order valence-electron chi connectivity index (χ1n) is 13.0. The molecule has 3 amide bonds. The van der Waals surface area contributed by atoms with Crippen LogP contribution in [0.15, 0.2) is 60.7 Å². The van der Waals surface area contributed by atoms with Gasteiger partial charge in [0.05, 0.1) is 21.4 Å². The molecule has 8 heteroatoms. The van der Waals surface area contributed by atoms with Gasteiger partial charge in [-0.25, -0.2) is 0 Å². The third-order valence-corrected chi connectivity index (χ3v) is 8.49. The van der Waals surface area contributed by atoms with Gasteiger partial charge in [0, 0.05) is 22.2 Å². The first kappa shape index (κ1) is 25.9. The van der Waals surface area contributed by atoms with Gasteiger partial charge in [-0.3, -0.25) is 24.2 Å². The fourth-order valence-electron chi connectivity index (χ4n) is 6.97. The maximum absolute atomic E-state index is 14.9. The molecule has 3 aromatic rings. The molecule has 3 heterocycles. The second-order valence-corrected chi connectivity index (χ2v) is 13.3. The highest BCUT2D eigenvalue weighted by Gasteiger charge is 2.68. The van der Waals surface area contributed by atoms with Crippen LogP contribution in [0.5, 0.6) is 0 Å². The maximum Gasteiger partial charge on any atom is 0.260 e. The lowest BCUT2D eigenvalue weighted by atomic mass is 9.75. The summed E-state index contributed by atoms with van der Waals surface area (Å²) >= 11 is 13.0.